The van der Waals surface area contributed by atoms with Gasteiger partial charge in [-0.1, -0.05) is 39.0 Å². The summed E-state index contributed by atoms with van der Waals surface area (Å²) in [5.74, 6) is 1.62. The zero-order chi connectivity index (χ0) is 21.3. The average molecular weight is 422 g/mol. The molecule has 0 bridgehead atoms. The van der Waals surface area contributed by atoms with Gasteiger partial charge in [0.15, 0.2) is 10.8 Å². The van der Waals surface area contributed by atoms with Crippen LogP contribution in [0, 0.1) is 0 Å². The van der Waals surface area contributed by atoms with Gasteiger partial charge in [-0.3, -0.25) is 4.79 Å². The number of carbonyl (C=O) groups excluding carboxylic acids is 1. The van der Waals surface area contributed by atoms with Crippen molar-refractivity contribution in [3.05, 3.63) is 65.2 Å². The van der Waals surface area contributed by atoms with Crippen LogP contribution in [0.2, 0.25) is 0 Å². The molecule has 0 saturated carbocycles. The Balaban J connectivity index is 1.54. The fourth-order valence-electron chi connectivity index (χ4n) is 2.99. The highest BCUT2D eigenvalue weighted by atomic mass is 32.1. The van der Waals surface area contributed by atoms with Crippen LogP contribution in [0.5, 0.6) is 11.5 Å². The molecule has 0 spiro atoms. The van der Waals surface area contributed by atoms with E-state index in [0.29, 0.717) is 18.1 Å². The van der Waals surface area contributed by atoms with E-state index in [2.05, 4.69) is 26.2 Å². The van der Waals surface area contributed by atoms with E-state index in [-0.39, 0.29) is 11.4 Å². The summed E-state index contributed by atoms with van der Waals surface area (Å²) in [4.78, 5) is 16.0. The number of nitrogens with zero attached hydrogens (tertiary/aromatic N) is 1. The van der Waals surface area contributed by atoms with Crippen molar-refractivity contribution in [2.75, 3.05) is 0 Å². The first-order valence-corrected chi connectivity index (χ1v) is 10.6. The molecule has 0 aliphatic heterocycles. The number of hydrogen-bond acceptors (Lipinski definition) is 6. The second-order valence-electron chi connectivity index (χ2n) is 8.09. The molecule has 154 valence electrons. The quantitative estimate of drug-likeness (QED) is 0.277. The van der Waals surface area contributed by atoms with Crippen LogP contribution >= 0.6 is 11.3 Å². The number of thiazole rings is 1. The Morgan fingerprint density at radius 1 is 1.13 bits per heavy atom. The summed E-state index contributed by atoms with van der Waals surface area (Å²) in [5, 5.41) is 3.90. The van der Waals surface area contributed by atoms with E-state index >= 15 is 0 Å². The van der Waals surface area contributed by atoms with Gasteiger partial charge in [0.2, 0.25) is 0 Å². The number of esters is 1. The number of aromatic nitrogens is 1. The molecule has 0 unspecified atom stereocenters. The molecule has 5 nitrogen and oxygen atoms in total. The first kappa shape index (κ1) is 20.2. The maximum atomic E-state index is 11.3. The first-order chi connectivity index (χ1) is 14.3. The van der Waals surface area contributed by atoms with Crippen LogP contribution in [-0.2, 0) is 16.8 Å². The predicted octanol–water partition coefficient (Wildman–Crippen LogP) is 6.36. The van der Waals surface area contributed by atoms with Crippen molar-refractivity contribution in [2.24, 2.45) is 0 Å². The summed E-state index contributed by atoms with van der Waals surface area (Å²) >= 11 is 1.59. The van der Waals surface area contributed by atoms with E-state index in [1.54, 1.807) is 17.4 Å². The molecular weight excluding hydrogens is 398 g/mol. The van der Waals surface area contributed by atoms with Gasteiger partial charge in [0.05, 0.1) is 5.69 Å². The molecule has 0 atom stereocenters. The van der Waals surface area contributed by atoms with Crippen LogP contribution < -0.4 is 9.47 Å². The highest BCUT2D eigenvalue weighted by Crippen LogP contribution is 2.34. The molecule has 2 aromatic heterocycles. The minimum absolute atomic E-state index is 0.00414. The molecule has 0 fully saturated rings. The largest absolute Gasteiger partial charge is 0.489 e. The molecule has 4 aromatic rings. The van der Waals surface area contributed by atoms with E-state index in [1.807, 2.05) is 42.5 Å². The van der Waals surface area contributed by atoms with Gasteiger partial charge in [0.1, 0.15) is 23.7 Å². The van der Waals surface area contributed by atoms with Gasteiger partial charge < -0.3 is 13.9 Å². The minimum atomic E-state index is -0.355. The number of carbonyl (C=O) groups is 1. The first-order valence-electron chi connectivity index (χ1n) is 9.69. The lowest BCUT2D eigenvalue weighted by molar-refractivity contribution is -0.131. The molecule has 0 aliphatic carbocycles. The number of furan rings is 1. The topological polar surface area (TPSA) is 61.6 Å². The fraction of sp³-hybridized carbons (Fsp3) is 0.250. The van der Waals surface area contributed by atoms with Gasteiger partial charge >= 0.3 is 5.97 Å². The molecule has 4 rings (SSSR count). The van der Waals surface area contributed by atoms with Gasteiger partial charge in [-0.25, -0.2) is 4.98 Å². The van der Waals surface area contributed by atoms with Gasteiger partial charge in [0.25, 0.3) is 0 Å². The predicted molar refractivity (Wildman–Crippen MR) is 118 cm³/mol. The van der Waals surface area contributed by atoms with Crippen molar-refractivity contribution in [3.8, 4) is 22.3 Å². The number of rotatable bonds is 5. The zero-order valence-corrected chi connectivity index (χ0v) is 18.2. The highest BCUT2D eigenvalue weighted by molar-refractivity contribution is 7.13. The summed E-state index contributed by atoms with van der Waals surface area (Å²) in [6.45, 7) is 8.12. The Morgan fingerprint density at radius 3 is 2.67 bits per heavy atom. The maximum absolute atomic E-state index is 11.3. The number of hydrogen-bond donors (Lipinski definition) is 0. The Hall–Kier alpha value is -3.12. The van der Waals surface area contributed by atoms with Crippen molar-refractivity contribution >= 4 is 28.3 Å². The number of fused-ring (bicyclic) bond motifs is 1. The molecule has 0 radical (unpaired) electrons. The van der Waals surface area contributed by atoms with Gasteiger partial charge in [-0.05, 0) is 30.3 Å². The van der Waals surface area contributed by atoms with Crippen molar-refractivity contribution in [3.63, 3.8) is 0 Å². The van der Waals surface area contributed by atoms with Gasteiger partial charge in [-0.2, -0.15) is 0 Å². The number of para-hydroxylation sites is 1. The third-order valence-electron chi connectivity index (χ3n) is 4.59. The summed E-state index contributed by atoms with van der Waals surface area (Å²) in [5.41, 5.74) is 2.64. The van der Waals surface area contributed by atoms with Crippen LogP contribution in [0.15, 0.2) is 58.3 Å². The molecule has 6 heteroatoms. The van der Waals surface area contributed by atoms with Gasteiger partial charge in [-0.15, -0.1) is 11.3 Å². The van der Waals surface area contributed by atoms with Crippen molar-refractivity contribution in [1.82, 2.24) is 4.98 Å². The molecule has 0 amide bonds. The number of ether oxygens (including phenoxy) is 2. The highest BCUT2D eigenvalue weighted by Gasteiger charge is 2.19. The standard InChI is InChI=1S/C24H23NO4S/c1-15(26)28-19-8-6-5-7-16(19)13-27-18-9-10-20-17(11-18)12-21(29-20)23-25-22(14-30-23)24(2,3)4/h5-12,14H,13H2,1-4H3. The SMILES string of the molecule is CC(=O)Oc1ccccc1COc1ccc2oc(-c3nc(C(C)(C)C)cs3)cc2c1. The average Bonchev–Trinajstić information content (AvgIpc) is 3.33. The summed E-state index contributed by atoms with van der Waals surface area (Å²) in [6.07, 6.45) is 0. The summed E-state index contributed by atoms with van der Waals surface area (Å²) in [7, 11) is 0. The molecule has 2 aromatic carbocycles. The second-order valence-corrected chi connectivity index (χ2v) is 8.95. The van der Waals surface area contributed by atoms with Crippen LogP contribution in [-0.4, -0.2) is 11.0 Å². The monoisotopic (exact) mass is 421 g/mol. The second kappa shape index (κ2) is 7.95. The van der Waals surface area contributed by atoms with Crippen LogP contribution in [0.4, 0.5) is 0 Å². The molecule has 0 aliphatic rings. The lowest BCUT2D eigenvalue weighted by atomic mass is 9.93. The summed E-state index contributed by atoms with van der Waals surface area (Å²) in [6, 6.07) is 15.0. The van der Waals surface area contributed by atoms with Crippen LogP contribution in [0.25, 0.3) is 21.7 Å². The van der Waals surface area contributed by atoms with E-state index in [9.17, 15) is 4.79 Å². The smallest absolute Gasteiger partial charge is 0.308 e. The van der Waals surface area contributed by atoms with Crippen LogP contribution in [0.3, 0.4) is 0 Å². The van der Waals surface area contributed by atoms with E-state index in [0.717, 1.165) is 33.0 Å². The zero-order valence-electron chi connectivity index (χ0n) is 17.4. The summed E-state index contributed by atoms with van der Waals surface area (Å²) < 4.78 is 17.2. The fourth-order valence-corrected chi connectivity index (χ4v) is 3.98. The number of benzene rings is 2. The molecule has 2 heterocycles. The molecule has 0 saturated heterocycles. The third-order valence-corrected chi connectivity index (χ3v) is 5.45. The lowest BCUT2D eigenvalue weighted by Crippen LogP contribution is -2.11. The Bertz CT molecular complexity index is 1200. The van der Waals surface area contributed by atoms with E-state index in [4.69, 9.17) is 18.9 Å². The molecule has 0 N–H and O–H groups in total. The van der Waals surface area contributed by atoms with E-state index in [1.165, 1.54) is 6.92 Å². The Labute approximate surface area is 179 Å². The van der Waals surface area contributed by atoms with Crippen molar-refractivity contribution in [2.45, 2.75) is 39.7 Å². The molecule has 30 heavy (non-hydrogen) atoms. The molecular formula is C24H23NO4S. The Morgan fingerprint density at radius 2 is 1.93 bits per heavy atom. The third kappa shape index (κ3) is 4.39. The minimum Gasteiger partial charge on any atom is -0.489 e. The maximum Gasteiger partial charge on any atom is 0.308 e. The normalized spacial score (nSPS) is 11.6. The Kier molecular flexibility index (Phi) is 5.35. The van der Waals surface area contributed by atoms with Gasteiger partial charge in [0, 0.05) is 28.7 Å². The van der Waals surface area contributed by atoms with E-state index < -0.39 is 0 Å². The lowest BCUT2D eigenvalue weighted by Gasteiger charge is -2.13. The van der Waals surface area contributed by atoms with Crippen molar-refractivity contribution in [1.29, 1.82) is 0 Å². The van der Waals surface area contributed by atoms with Crippen LogP contribution in [0.1, 0.15) is 39.0 Å². The van der Waals surface area contributed by atoms with Crippen molar-refractivity contribution < 1.29 is 18.7 Å².